The summed E-state index contributed by atoms with van der Waals surface area (Å²) in [5.41, 5.74) is 1.44. The van der Waals surface area contributed by atoms with Gasteiger partial charge in [0.25, 0.3) is 0 Å². The highest BCUT2D eigenvalue weighted by Crippen LogP contribution is 2.58. The van der Waals surface area contributed by atoms with Gasteiger partial charge in [-0.3, -0.25) is 0 Å². The molecule has 0 heterocycles. The van der Waals surface area contributed by atoms with Crippen LogP contribution in [0.1, 0.15) is 50.6 Å². The molecule has 2 bridgehead atoms. The second-order valence-corrected chi connectivity index (χ2v) is 7.06. The van der Waals surface area contributed by atoms with Crippen molar-refractivity contribution in [3.8, 4) is 0 Å². The largest absolute Gasteiger partial charge is 0.307 e. The van der Waals surface area contributed by atoms with Gasteiger partial charge in [-0.15, -0.1) is 0 Å². The Morgan fingerprint density at radius 3 is 2.63 bits per heavy atom. The van der Waals surface area contributed by atoms with Gasteiger partial charge in [0.15, 0.2) is 0 Å². The molecule has 1 aromatic rings. The molecule has 1 aromatic carbocycles. The summed E-state index contributed by atoms with van der Waals surface area (Å²) in [7, 11) is 0. The number of benzene rings is 1. The molecule has 6 atom stereocenters. The molecule has 3 aliphatic rings. The lowest BCUT2D eigenvalue weighted by Crippen LogP contribution is -2.40. The Hall–Kier alpha value is -0.820. The van der Waals surface area contributed by atoms with Gasteiger partial charge in [-0.05, 0) is 61.8 Å². The maximum absolute atomic E-state index is 3.94. The second-order valence-electron chi connectivity index (χ2n) is 7.06. The minimum absolute atomic E-state index is 0.505. The van der Waals surface area contributed by atoms with Crippen molar-refractivity contribution >= 4 is 0 Å². The summed E-state index contributed by atoms with van der Waals surface area (Å²) in [6.07, 6.45) is 7.53. The highest BCUT2D eigenvalue weighted by atomic mass is 15.0. The molecule has 1 heteroatoms. The molecule has 0 aliphatic heterocycles. The van der Waals surface area contributed by atoms with E-state index in [1.807, 2.05) is 0 Å². The summed E-state index contributed by atoms with van der Waals surface area (Å²) in [4.78, 5) is 0. The van der Waals surface area contributed by atoms with E-state index in [-0.39, 0.29) is 0 Å². The van der Waals surface area contributed by atoms with Crippen LogP contribution in [0, 0.1) is 23.7 Å². The van der Waals surface area contributed by atoms with Crippen molar-refractivity contribution in [1.29, 1.82) is 0 Å². The van der Waals surface area contributed by atoms with E-state index in [0.717, 1.165) is 29.7 Å². The fourth-order valence-electron chi connectivity index (χ4n) is 5.42. The smallest absolute Gasteiger partial charge is 0.0294 e. The van der Waals surface area contributed by atoms with Crippen molar-refractivity contribution in [1.82, 2.24) is 5.32 Å². The van der Waals surface area contributed by atoms with Gasteiger partial charge in [0, 0.05) is 12.1 Å². The van der Waals surface area contributed by atoms with Crippen LogP contribution in [0.25, 0.3) is 0 Å². The molecule has 4 rings (SSSR count). The molecule has 6 unspecified atom stereocenters. The van der Waals surface area contributed by atoms with Crippen LogP contribution < -0.4 is 5.32 Å². The van der Waals surface area contributed by atoms with Crippen molar-refractivity contribution in [2.45, 2.75) is 51.1 Å². The van der Waals surface area contributed by atoms with Gasteiger partial charge < -0.3 is 5.32 Å². The Bertz CT molecular complexity index is 440. The van der Waals surface area contributed by atoms with Crippen molar-refractivity contribution < 1.29 is 0 Å². The molecule has 19 heavy (non-hydrogen) atoms. The fraction of sp³-hybridized carbons (Fsp3) is 0.667. The highest BCUT2D eigenvalue weighted by molar-refractivity contribution is 5.19. The van der Waals surface area contributed by atoms with Crippen molar-refractivity contribution in [3.05, 3.63) is 35.9 Å². The second kappa shape index (κ2) is 4.63. The predicted molar refractivity (Wildman–Crippen MR) is 78.8 cm³/mol. The van der Waals surface area contributed by atoms with E-state index in [4.69, 9.17) is 0 Å². The van der Waals surface area contributed by atoms with Crippen molar-refractivity contribution in [2.24, 2.45) is 23.7 Å². The van der Waals surface area contributed by atoms with Gasteiger partial charge in [0.05, 0.1) is 0 Å². The van der Waals surface area contributed by atoms with Crippen LogP contribution in [-0.4, -0.2) is 6.04 Å². The Morgan fingerprint density at radius 2 is 1.79 bits per heavy atom. The van der Waals surface area contributed by atoms with E-state index in [0.29, 0.717) is 6.04 Å². The topological polar surface area (TPSA) is 12.0 Å². The number of rotatable bonds is 3. The van der Waals surface area contributed by atoms with Gasteiger partial charge in [0.1, 0.15) is 0 Å². The lowest BCUT2D eigenvalue weighted by atomic mass is 9.79. The van der Waals surface area contributed by atoms with E-state index < -0.39 is 0 Å². The monoisotopic (exact) mass is 255 g/mol. The number of hydrogen-bond acceptors (Lipinski definition) is 1. The first-order valence-electron chi connectivity index (χ1n) is 8.14. The van der Waals surface area contributed by atoms with Crippen LogP contribution in [0.15, 0.2) is 30.3 Å². The van der Waals surface area contributed by atoms with Crippen LogP contribution in [0.5, 0.6) is 0 Å². The third kappa shape index (κ3) is 1.94. The number of hydrogen-bond donors (Lipinski definition) is 1. The van der Waals surface area contributed by atoms with Gasteiger partial charge in [-0.2, -0.15) is 0 Å². The Kier molecular flexibility index (Phi) is 2.91. The Balaban J connectivity index is 1.45. The van der Waals surface area contributed by atoms with Crippen LogP contribution in [0.3, 0.4) is 0 Å². The highest BCUT2D eigenvalue weighted by Gasteiger charge is 2.53. The van der Waals surface area contributed by atoms with E-state index in [2.05, 4.69) is 42.6 Å². The van der Waals surface area contributed by atoms with Crippen molar-refractivity contribution in [2.75, 3.05) is 0 Å². The summed E-state index contributed by atoms with van der Waals surface area (Å²) in [5.74, 6) is 4.22. The minimum atomic E-state index is 0.505. The Morgan fingerprint density at radius 1 is 1.00 bits per heavy atom. The zero-order valence-corrected chi connectivity index (χ0v) is 11.9. The molecule has 3 aliphatic carbocycles. The average molecular weight is 255 g/mol. The fourth-order valence-corrected chi connectivity index (χ4v) is 5.42. The molecule has 3 fully saturated rings. The third-order valence-electron chi connectivity index (χ3n) is 6.19. The normalized spacial score (nSPS) is 41.4. The lowest BCUT2D eigenvalue weighted by molar-refractivity contribution is 0.200. The first kappa shape index (κ1) is 12.0. The molecular weight excluding hydrogens is 230 g/mol. The first-order chi connectivity index (χ1) is 9.33. The van der Waals surface area contributed by atoms with Gasteiger partial charge >= 0.3 is 0 Å². The molecule has 0 amide bonds. The lowest BCUT2D eigenvalue weighted by Gasteiger charge is -2.34. The molecule has 102 valence electrons. The molecule has 0 spiro atoms. The number of nitrogens with one attached hydrogen (secondary N) is 1. The molecule has 0 radical (unpaired) electrons. The predicted octanol–water partition coefficient (Wildman–Crippen LogP) is 4.16. The first-order valence-corrected chi connectivity index (χ1v) is 8.14. The van der Waals surface area contributed by atoms with Crippen LogP contribution in [0.2, 0.25) is 0 Å². The maximum atomic E-state index is 3.94. The SMILES string of the molecule is CC(NC1CC2CC1C1CCCC21)c1ccccc1. The summed E-state index contributed by atoms with van der Waals surface area (Å²) >= 11 is 0. The van der Waals surface area contributed by atoms with Crippen molar-refractivity contribution in [3.63, 3.8) is 0 Å². The molecule has 1 nitrogen and oxygen atoms in total. The summed E-state index contributed by atoms with van der Waals surface area (Å²) in [6, 6.07) is 12.2. The maximum Gasteiger partial charge on any atom is 0.0294 e. The zero-order valence-electron chi connectivity index (χ0n) is 11.9. The molecule has 3 saturated carbocycles. The van der Waals surface area contributed by atoms with Gasteiger partial charge in [-0.25, -0.2) is 0 Å². The molecule has 0 aromatic heterocycles. The third-order valence-corrected chi connectivity index (χ3v) is 6.19. The quantitative estimate of drug-likeness (QED) is 0.855. The molecule has 0 saturated heterocycles. The van der Waals surface area contributed by atoms with Gasteiger partial charge in [-0.1, -0.05) is 36.8 Å². The molecule has 1 N–H and O–H groups in total. The minimum Gasteiger partial charge on any atom is -0.307 e. The van der Waals surface area contributed by atoms with E-state index in [1.165, 1.54) is 37.7 Å². The van der Waals surface area contributed by atoms with E-state index >= 15 is 0 Å². The zero-order chi connectivity index (χ0) is 12.8. The summed E-state index contributed by atoms with van der Waals surface area (Å²) < 4.78 is 0. The summed E-state index contributed by atoms with van der Waals surface area (Å²) in [5, 5.41) is 3.94. The average Bonchev–Trinajstić information content (AvgIpc) is 3.11. The Labute approximate surface area is 116 Å². The molecular formula is C18H25N. The van der Waals surface area contributed by atoms with E-state index in [9.17, 15) is 0 Å². The van der Waals surface area contributed by atoms with E-state index in [1.54, 1.807) is 0 Å². The van der Waals surface area contributed by atoms with Crippen LogP contribution in [0.4, 0.5) is 0 Å². The number of fused-ring (bicyclic) bond motifs is 5. The van der Waals surface area contributed by atoms with Crippen LogP contribution >= 0.6 is 0 Å². The summed E-state index contributed by atoms with van der Waals surface area (Å²) in [6.45, 7) is 2.33. The standard InChI is InChI=1S/C18H25N/c1-12(13-6-3-2-4-7-13)19-18-11-14-10-17(18)16-9-5-8-15(14)16/h2-4,6-7,12,14-19H,5,8-11H2,1H3. The van der Waals surface area contributed by atoms with Crippen LogP contribution in [-0.2, 0) is 0 Å². The van der Waals surface area contributed by atoms with Gasteiger partial charge in [0.2, 0.25) is 0 Å².